The van der Waals surface area contributed by atoms with E-state index in [1.165, 1.54) is 0 Å². The molecule has 17 heavy (non-hydrogen) atoms. The Labute approximate surface area is 102 Å². The summed E-state index contributed by atoms with van der Waals surface area (Å²) in [5.41, 5.74) is 6.11. The monoisotopic (exact) mass is 239 g/mol. The van der Waals surface area contributed by atoms with Crippen molar-refractivity contribution in [2.75, 3.05) is 13.2 Å². The van der Waals surface area contributed by atoms with Gasteiger partial charge in [-0.15, -0.1) is 0 Å². The van der Waals surface area contributed by atoms with Gasteiger partial charge >= 0.3 is 0 Å². The minimum atomic E-state index is -0.531. The SMILES string of the molecule is CC(N)(CO)CCCOc1cccc(CO)c1. The Bertz CT molecular complexity index is 339. The van der Waals surface area contributed by atoms with Crippen LogP contribution in [0.25, 0.3) is 0 Å². The lowest BCUT2D eigenvalue weighted by Gasteiger charge is -2.21. The average molecular weight is 239 g/mol. The van der Waals surface area contributed by atoms with Crippen LogP contribution in [0.4, 0.5) is 0 Å². The van der Waals surface area contributed by atoms with Crippen LogP contribution >= 0.6 is 0 Å². The van der Waals surface area contributed by atoms with Crippen LogP contribution in [-0.2, 0) is 6.61 Å². The highest BCUT2D eigenvalue weighted by molar-refractivity contribution is 5.27. The number of nitrogens with two attached hydrogens (primary N) is 1. The Morgan fingerprint density at radius 2 is 2.12 bits per heavy atom. The third kappa shape index (κ3) is 5.17. The van der Waals surface area contributed by atoms with Crippen molar-refractivity contribution in [2.24, 2.45) is 5.73 Å². The van der Waals surface area contributed by atoms with Crippen LogP contribution < -0.4 is 10.5 Å². The average Bonchev–Trinajstić information content (AvgIpc) is 2.35. The molecule has 96 valence electrons. The molecule has 1 atom stereocenters. The van der Waals surface area contributed by atoms with Gasteiger partial charge in [-0.25, -0.2) is 0 Å². The fourth-order valence-electron chi connectivity index (χ4n) is 1.48. The molecule has 4 nitrogen and oxygen atoms in total. The second-order valence-electron chi connectivity index (χ2n) is 4.57. The van der Waals surface area contributed by atoms with E-state index in [1.807, 2.05) is 31.2 Å². The molecular formula is C13H21NO3. The van der Waals surface area contributed by atoms with E-state index in [-0.39, 0.29) is 13.2 Å². The number of hydrogen-bond donors (Lipinski definition) is 3. The van der Waals surface area contributed by atoms with Gasteiger partial charge in [-0.3, -0.25) is 0 Å². The minimum Gasteiger partial charge on any atom is -0.494 e. The summed E-state index contributed by atoms with van der Waals surface area (Å²) in [6.07, 6.45) is 1.50. The molecule has 0 saturated heterocycles. The lowest BCUT2D eigenvalue weighted by Crippen LogP contribution is -2.40. The molecule has 0 saturated carbocycles. The number of benzene rings is 1. The molecule has 0 radical (unpaired) electrons. The fraction of sp³-hybridized carbons (Fsp3) is 0.538. The zero-order chi connectivity index (χ0) is 12.7. The summed E-state index contributed by atoms with van der Waals surface area (Å²) in [6, 6.07) is 7.36. The molecule has 0 aromatic heterocycles. The van der Waals surface area contributed by atoms with Crippen molar-refractivity contribution in [3.05, 3.63) is 29.8 Å². The van der Waals surface area contributed by atoms with Gasteiger partial charge in [-0.1, -0.05) is 12.1 Å². The molecule has 1 rings (SSSR count). The maximum absolute atomic E-state index is 8.99. The first-order chi connectivity index (χ1) is 8.07. The van der Waals surface area contributed by atoms with Gasteiger partial charge in [0, 0.05) is 5.54 Å². The Morgan fingerprint density at radius 1 is 1.35 bits per heavy atom. The van der Waals surface area contributed by atoms with Crippen LogP contribution in [0.15, 0.2) is 24.3 Å². The lowest BCUT2D eigenvalue weighted by atomic mass is 9.99. The molecule has 1 aromatic rings. The van der Waals surface area contributed by atoms with Crippen molar-refractivity contribution in [2.45, 2.75) is 31.9 Å². The topological polar surface area (TPSA) is 75.7 Å². The van der Waals surface area contributed by atoms with Crippen LogP contribution in [0.3, 0.4) is 0 Å². The molecule has 0 aliphatic rings. The standard InChI is InChI=1S/C13H21NO3/c1-13(14,10-16)6-3-7-17-12-5-2-4-11(8-12)9-15/h2,4-5,8,15-16H,3,6-7,9-10,14H2,1H3. The number of aliphatic hydroxyl groups excluding tert-OH is 2. The molecule has 0 aliphatic heterocycles. The Balaban J connectivity index is 2.31. The van der Waals surface area contributed by atoms with E-state index < -0.39 is 5.54 Å². The number of rotatable bonds is 7. The van der Waals surface area contributed by atoms with E-state index in [0.29, 0.717) is 13.0 Å². The summed E-state index contributed by atoms with van der Waals surface area (Å²) in [6.45, 7) is 2.37. The van der Waals surface area contributed by atoms with E-state index in [0.717, 1.165) is 17.7 Å². The molecule has 4 N–H and O–H groups in total. The molecule has 1 unspecified atom stereocenters. The van der Waals surface area contributed by atoms with Gasteiger partial charge in [0.2, 0.25) is 0 Å². The normalized spacial score (nSPS) is 14.4. The molecule has 0 fully saturated rings. The smallest absolute Gasteiger partial charge is 0.119 e. The molecular weight excluding hydrogens is 218 g/mol. The Morgan fingerprint density at radius 3 is 2.76 bits per heavy atom. The second-order valence-corrected chi connectivity index (χ2v) is 4.57. The molecule has 0 heterocycles. The molecule has 0 amide bonds. The summed E-state index contributed by atoms with van der Waals surface area (Å²) in [5, 5.41) is 18.0. The van der Waals surface area contributed by atoms with Crippen LogP contribution in [-0.4, -0.2) is 29.0 Å². The summed E-state index contributed by atoms with van der Waals surface area (Å²) >= 11 is 0. The van der Waals surface area contributed by atoms with Crippen molar-refractivity contribution in [1.29, 1.82) is 0 Å². The van der Waals surface area contributed by atoms with Crippen LogP contribution in [0.1, 0.15) is 25.3 Å². The van der Waals surface area contributed by atoms with Gasteiger partial charge < -0.3 is 20.7 Å². The van der Waals surface area contributed by atoms with Gasteiger partial charge in [0.05, 0.1) is 19.8 Å². The first-order valence-corrected chi connectivity index (χ1v) is 5.80. The van der Waals surface area contributed by atoms with Crippen molar-refractivity contribution in [1.82, 2.24) is 0 Å². The third-order valence-corrected chi connectivity index (χ3v) is 2.60. The zero-order valence-corrected chi connectivity index (χ0v) is 10.2. The molecule has 0 spiro atoms. The molecule has 4 heteroatoms. The van der Waals surface area contributed by atoms with Crippen molar-refractivity contribution >= 4 is 0 Å². The predicted molar refractivity (Wildman–Crippen MR) is 66.8 cm³/mol. The number of hydrogen-bond acceptors (Lipinski definition) is 4. The van der Waals surface area contributed by atoms with E-state index >= 15 is 0 Å². The van der Waals surface area contributed by atoms with Gasteiger partial charge in [-0.2, -0.15) is 0 Å². The van der Waals surface area contributed by atoms with E-state index in [9.17, 15) is 0 Å². The van der Waals surface area contributed by atoms with E-state index in [2.05, 4.69) is 0 Å². The van der Waals surface area contributed by atoms with Gasteiger partial charge in [0.15, 0.2) is 0 Å². The molecule has 0 bridgehead atoms. The highest BCUT2D eigenvalue weighted by Gasteiger charge is 2.15. The Hall–Kier alpha value is -1.10. The summed E-state index contributed by atoms with van der Waals surface area (Å²) in [7, 11) is 0. The first-order valence-electron chi connectivity index (χ1n) is 5.80. The second kappa shape index (κ2) is 6.59. The minimum absolute atomic E-state index is 0.0165. The maximum Gasteiger partial charge on any atom is 0.119 e. The van der Waals surface area contributed by atoms with E-state index in [1.54, 1.807) is 0 Å². The predicted octanol–water partition coefficient (Wildman–Crippen LogP) is 1.05. The number of aliphatic hydroxyl groups is 2. The Kier molecular flexibility index (Phi) is 5.41. The van der Waals surface area contributed by atoms with Crippen molar-refractivity contribution in [3.63, 3.8) is 0 Å². The van der Waals surface area contributed by atoms with Gasteiger partial charge in [0.25, 0.3) is 0 Å². The fourth-order valence-corrected chi connectivity index (χ4v) is 1.48. The third-order valence-electron chi connectivity index (χ3n) is 2.60. The first kappa shape index (κ1) is 14.0. The van der Waals surface area contributed by atoms with E-state index in [4.69, 9.17) is 20.7 Å². The molecule has 0 aliphatic carbocycles. The maximum atomic E-state index is 8.99. The summed E-state index contributed by atoms with van der Waals surface area (Å²) in [4.78, 5) is 0. The van der Waals surface area contributed by atoms with Gasteiger partial charge in [0.1, 0.15) is 5.75 Å². The highest BCUT2D eigenvalue weighted by atomic mass is 16.5. The van der Waals surface area contributed by atoms with Crippen LogP contribution in [0, 0.1) is 0 Å². The summed E-state index contributed by atoms with van der Waals surface area (Å²) < 4.78 is 5.54. The summed E-state index contributed by atoms with van der Waals surface area (Å²) in [5.74, 6) is 0.749. The lowest BCUT2D eigenvalue weighted by molar-refractivity contribution is 0.188. The van der Waals surface area contributed by atoms with Crippen molar-refractivity contribution < 1.29 is 14.9 Å². The van der Waals surface area contributed by atoms with Crippen LogP contribution in [0.5, 0.6) is 5.75 Å². The highest BCUT2D eigenvalue weighted by Crippen LogP contribution is 2.14. The molecule has 1 aromatic carbocycles. The van der Waals surface area contributed by atoms with Crippen LogP contribution in [0.2, 0.25) is 0 Å². The van der Waals surface area contributed by atoms with Crippen molar-refractivity contribution in [3.8, 4) is 5.75 Å². The quantitative estimate of drug-likeness (QED) is 0.622. The number of ether oxygens (including phenoxy) is 1. The van der Waals surface area contributed by atoms with Gasteiger partial charge in [-0.05, 0) is 37.5 Å². The zero-order valence-electron chi connectivity index (χ0n) is 10.2. The largest absolute Gasteiger partial charge is 0.494 e.